The van der Waals surface area contributed by atoms with Crippen LogP contribution in [0, 0.1) is 0 Å². The summed E-state index contributed by atoms with van der Waals surface area (Å²) in [4.78, 5) is 16.9. The van der Waals surface area contributed by atoms with E-state index in [-0.39, 0.29) is 0 Å². The molecule has 13 heavy (non-hydrogen) atoms. The van der Waals surface area contributed by atoms with Crippen molar-refractivity contribution in [3.05, 3.63) is 23.9 Å². The van der Waals surface area contributed by atoms with Gasteiger partial charge in [-0.15, -0.1) is 0 Å². The second kappa shape index (κ2) is 3.56. The second-order valence-electron chi connectivity index (χ2n) is 3.23. The molecule has 0 unspecified atom stereocenters. The first-order chi connectivity index (χ1) is 6.40. The highest BCUT2D eigenvalue weighted by Gasteiger charge is 2.12. The number of aldehydes is 1. The quantitative estimate of drug-likeness (QED) is 0.640. The SMILES string of the molecule is O=Cc1cccc(N2CCCC2)n1. The monoisotopic (exact) mass is 176 g/mol. The van der Waals surface area contributed by atoms with E-state index >= 15 is 0 Å². The lowest BCUT2D eigenvalue weighted by Crippen LogP contribution is -2.19. The minimum absolute atomic E-state index is 0.518. The van der Waals surface area contributed by atoms with Crippen molar-refractivity contribution in [1.82, 2.24) is 4.98 Å². The van der Waals surface area contributed by atoms with E-state index in [1.807, 2.05) is 12.1 Å². The molecular formula is C10H12N2O. The van der Waals surface area contributed by atoms with Gasteiger partial charge in [0.2, 0.25) is 0 Å². The second-order valence-corrected chi connectivity index (χ2v) is 3.23. The van der Waals surface area contributed by atoms with Crippen LogP contribution < -0.4 is 4.90 Å². The van der Waals surface area contributed by atoms with E-state index in [9.17, 15) is 4.79 Å². The molecule has 1 aliphatic rings. The maximum absolute atomic E-state index is 10.5. The summed E-state index contributed by atoms with van der Waals surface area (Å²) in [5.41, 5.74) is 0.518. The van der Waals surface area contributed by atoms with Gasteiger partial charge in [-0.1, -0.05) is 6.07 Å². The molecule has 1 fully saturated rings. The molecule has 2 heterocycles. The van der Waals surface area contributed by atoms with E-state index in [1.165, 1.54) is 12.8 Å². The maximum atomic E-state index is 10.5. The number of pyridine rings is 1. The molecule has 0 N–H and O–H groups in total. The van der Waals surface area contributed by atoms with Crippen LogP contribution in [0.4, 0.5) is 5.82 Å². The number of carbonyl (C=O) groups is 1. The molecule has 3 heteroatoms. The van der Waals surface area contributed by atoms with Gasteiger partial charge in [-0.05, 0) is 25.0 Å². The third kappa shape index (κ3) is 1.69. The van der Waals surface area contributed by atoms with Gasteiger partial charge in [0, 0.05) is 13.1 Å². The van der Waals surface area contributed by atoms with Crippen LogP contribution in [0.15, 0.2) is 18.2 Å². The summed E-state index contributed by atoms with van der Waals surface area (Å²) in [6.45, 7) is 2.13. The smallest absolute Gasteiger partial charge is 0.168 e. The number of carbonyl (C=O) groups excluding carboxylic acids is 1. The van der Waals surface area contributed by atoms with E-state index in [0.717, 1.165) is 25.2 Å². The molecule has 0 atom stereocenters. The number of aromatic nitrogens is 1. The van der Waals surface area contributed by atoms with Crippen LogP contribution in [0.25, 0.3) is 0 Å². The van der Waals surface area contributed by atoms with Crippen molar-refractivity contribution in [3.8, 4) is 0 Å². The highest BCUT2D eigenvalue weighted by molar-refractivity contribution is 5.72. The average molecular weight is 176 g/mol. The summed E-state index contributed by atoms with van der Waals surface area (Å²) in [6.07, 6.45) is 3.25. The van der Waals surface area contributed by atoms with Gasteiger partial charge in [0.25, 0.3) is 0 Å². The van der Waals surface area contributed by atoms with Gasteiger partial charge in [0.15, 0.2) is 6.29 Å². The van der Waals surface area contributed by atoms with Gasteiger partial charge in [-0.25, -0.2) is 4.98 Å². The largest absolute Gasteiger partial charge is 0.357 e. The Bertz CT molecular complexity index is 306. The molecule has 0 amide bonds. The Kier molecular flexibility index (Phi) is 2.25. The summed E-state index contributed by atoms with van der Waals surface area (Å²) >= 11 is 0. The number of hydrogen-bond acceptors (Lipinski definition) is 3. The number of anilines is 1. The Balaban J connectivity index is 2.23. The zero-order valence-electron chi connectivity index (χ0n) is 7.44. The summed E-state index contributed by atoms with van der Waals surface area (Å²) in [7, 11) is 0. The molecule has 0 spiro atoms. The molecule has 2 rings (SSSR count). The third-order valence-corrected chi connectivity index (χ3v) is 2.31. The van der Waals surface area contributed by atoms with Gasteiger partial charge in [0.1, 0.15) is 11.5 Å². The van der Waals surface area contributed by atoms with Crippen LogP contribution in [0.1, 0.15) is 23.3 Å². The van der Waals surface area contributed by atoms with Gasteiger partial charge in [-0.3, -0.25) is 4.79 Å². The molecule has 1 aliphatic heterocycles. The molecular weight excluding hydrogens is 164 g/mol. The molecule has 0 bridgehead atoms. The lowest BCUT2D eigenvalue weighted by atomic mass is 10.3. The molecule has 0 aliphatic carbocycles. The average Bonchev–Trinajstić information content (AvgIpc) is 2.71. The zero-order valence-corrected chi connectivity index (χ0v) is 7.44. The molecule has 1 aromatic rings. The van der Waals surface area contributed by atoms with E-state index < -0.39 is 0 Å². The Morgan fingerprint density at radius 2 is 2.08 bits per heavy atom. The van der Waals surface area contributed by atoms with E-state index in [0.29, 0.717) is 5.69 Å². The molecule has 1 saturated heterocycles. The number of hydrogen-bond donors (Lipinski definition) is 0. The topological polar surface area (TPSA) is 33.2 Å². The van der Waals surface area contributed by atoms with Crippen molar-refractivity contribution < 1.29 is 4.79 Å². The first kappa shape index (κ1) is 8.23. The minimum atomic E-state index is 0.518. The maximum Gasteiger partial charge on any atom is 0.168 e. The third-order valence-electron chi connectivity index (χ3n) is 2.31. The molecule has 1 aromatic heterocycles. The summed E-state index contributed by atoms with van der Waals surface area (Å²) in [5.74, 6) is 0.933. The first-order valence-electron chi connectivity index (χ1n) is 4.57. The van der Waals surface area contributed by atoms with Crippen LogP contribution in [0.5, 0.6) is 0 Å². The van der Waals surface area contributed by atoms with Gasteiger partial charge in [0.05, 0.1) is 0 Å². The van der Waals surface area contributed by atoms with Crippen molar-refractivity contribution >= 4 is 12.1 Å². The fraction of sp³-hybridized carbons (Fsp3) is 0.400. The summed E-state index contributed by atoms with van der Waals surface area (Å²) < 4.78 is 0. The van der Waals surface area contributed by atoms with Crippen LogP contribution in [-0.2, 0) is 0 Å². The highest BCUT2D eigenvalue weighted by Crippen LogP contribution is 2.17. The van der Waals surface area contributed by atoms with E-state index in [2.05, 4.69) is 9.88 Å². The molecule has 3 nitrogen and oxygen atoms in total. The van der Waals surface area contributed by atoms with Crippen LogP contribution in [0.2, 0.25) is 0 Å². The van der Waals surface area contributed by atoms with Crippen LogP contribution in [-0.4, -0.2) is 24.4 Å². The van der Waals surface area contributed by atoms with Gasteiger partial charge >= 0.3 is 0 Å². The van der Waals surface area contributed by atoms with Gasteiger partial charge in [-0.2, -0.15) is 0 Å². The normalized spacial score (nSPS) is 16.2. The Morgan fingerprint density at radius 1 is 1.31 bits per heavy atom. The molecule has 0 radical (unpaired) electrons. The van der Waals surface area contributed by atoms with E-state index in [1.54, 1.807) is 6.07 Å². The summed E-state index contributed by atoms with van der Waals surface area (Å²) in [6, 6.07) is 5.56. The first-order valence-corrected chi connectivity index (χ1v) is 4.57. The van der Waals surface area contributed by atoms with E-state index in [4.69, 9.17) is 0 Å². The standard InChI is InChI=1S/C10H12N2O/c13-8-9-4-3-5-10(11-9)12-6-1-2-7-12/h3-5,8H,1-2,6-7H2. The summed E-state index contributed by atoms with van der Waals surface area (Å²) in [5, 5.41) is 0. The Hall–Kier alpha value is -1.38. The fourth-order valence-electron chi connectivity index (χ4n) is 1.63. The predicted molar refractivity (Wildman–Crippen MR) is 51.1 cm³/mol. The predicted octanol–water partition coefficient (Wildman–Crippen LogP) is 1.49. The molecule has 68 valence electrons. The number of rotatable bonds is 2. The van der Waals surface area contributed by atoms with Crippen molar-refractivity contribution in [3.63, 3.8) is 0 Å². The molecule has 0 aromatic carbocycles. The lowest BCUT2D eigenvalue weighted by molar-refractivity contribution is 0.111. The Morgan fingerprint density at radius 3 is 2.77 bits per heavy atom. The van der Waals surface area contributed by atoms with Crippen molar-refractivity contribution in [2.24, 2.45) is 0 Å². The van der Waals surface area contributed by atoms with Gasteiger partial charge < -0.3 is 4.90 Å². The van der Waals surface area contributed by atoms with Crippen molar-refractivity contribution in [2.45, 2.75) is 12.8 Å². The van der Waals surface area contributed by atoms with Crippen molar-refractivity contribution in [2.75, 3.05) is 18.0 Å². The van der Waals surface area contributed by atoms with Crippen molar-refractivity contribution in [1.29, 1.82) is 0 Å². The number of nitrogens with zero attached hydrogens (tertiary/aromatic N) is 2. The highest BCUT2D eigenvalue weighted by atomic mass is 16.1. The minimum Gasteiger partial charge on any atom is -0.357 e. The fourth-order valence-corrected chi connectivity index (χ4v) is 1.63. The zero-order chi connectivity index (χ0) is 9.10. The van der Waals surface area contributed by atoms with Crippen LogP contribution >= 0.6 is 0 Å². The Labute approximate surface area is 77.4 Å². The van der Waals surface area contributed by atoms with Crippen LogP contribution in [0.3, 0.4) is 0 Å². The lowest BCUT2D eigenvalue weighted by Gasteiger charge is -2.15. The molecule has 0 saturated carbocycles.